The van der Waals surface area contributed by atoms with Crippen LogP contribution in [0.15, 0.2) is 36.4 Å². The second-order valence-corrected chi connectivity index (χ2v) is 5.72. The van der Waals surface area contributed by atoms with E-state index in [1.807, 2.05) is 24.3 Å². The summed E-state index contributed by atoms with van der Waals surface area (Å²) in [5, 5.41) is 4.17. The number of methoxy groups -OCH3 is 2. The minimum Gasteiger partial charge on any atom is -0.493 e. The summed E-state index contributed by atoms with van der Waals surface area (Å²) in [6, 6.07) is 12.1. The van der Waals surface area contributed by atoms with Crippen LogP contribution in [0.2, 0.25) is 0 Å². The number of hydrogen-bond donors (Lipinski definition) is 1. The van der Waals surface area contributed by atoms with Gasteiger partial charge in [-0.25, -0.2) is 4.98 Å². The molecular weight excluding hydrogens is 284 g/mol. The summed E-state index contributed by atoms with van der Waals surface area (Å²) in [4.78, 5) is 4.59. The van der Waals surface area contributed by atoms with Crippen LogP contribution in [0.3, 0.4) is 0 Å². The van der Waals surface area contributed by atoms with Gasteiger partial charge in [-0.1, -0.05) is 29.0 Å². The van der Waals surface area contributed by atoms with Crippen molar-refractivity contribution in [2.45, 2.75) is 6.92 Å². The zero-order valence-corrected chi connectivity index (χ0v) is 13.0. The molecule has 0 radical (unpaired) electrons. The Morgan fingerprint density at radius 2 is 1.67 bits per heavy atom. The number of benzene rings is 2. The predicted octanol–water partition coefficient (Wildman–Crippen LogP) is 4.37. The molecule has 0 aliphatic rings. The molecule has 1 heterocycles. The molecule has 0 amide bonds. The third-order valence-corrected chi connectivity index (χ3v) is 4.13. The Labute approximate surface area is 127 Å². The van der Waals surface area contributed by atoms with Crippen LogP contribution in [0.1, 0.15) is 5.56 Å². The second-order valence-electron chi connectivity index (χ2n) is 4.68. The van der Waals surface area contributed by atoms with Gasteiger partial charge < -0.3 is 14.8 Å². The van der Waals surface area contributed by atoms with E-state index in [-0.39, 0.29) is 0 Å². The normalized spacial score (nSPS) is 10.6. The molecule has 5 heteroatoms. The van der Waals surface area contributed by atoms with Crippen molar-refractivity contribution in [2.24, 2.45) is 0 Å². The fourth-order valence-electron chi connectivity index (χ4n) is 2.07. The first-order valence-electron chi connectivity index (χ1n) is 6.56. The van der Waals surface area contributed by atoms with Crippen LogP contribution < -0.4 is 14.8 Å². The summed E-state index contributed by atoms with van der Waals surface area (Å²) < 4.78 is 11.7. The van der Waals surface area contributed by atoms with Crippen LogP contribution >= 0.6 is 11.3 Å². The van der Waals surface area contributed by atoms with Gasteiger partial charge in [0.25, 0.3) is 0 Å². The number of thiazole rings is 1. The third kappa shape index (κ3) is 2.78. The maximum atomic E-state index is 5.32. The molecule has 2 aromatic carbocycles. The maximum absolute atomic E-state index is 5.32. The lowest BCUT2D eigenvalue weighted by molar-refractivity contribution is 0.356. The van der Waals surface area contributed by atoms with E-state index in [0.29, 0.717) is 5.75 Å². The first-order chi connectivity index (χ1) is 10.2. The van der Waals surface area contributed by atoms with Crippen LogP contribution in [-0.4, -0.2) is 19.2 Å². The zero-order chi connectivity index (χ0) is 14.8. The van der Waals surface area contributed by atoms with E-state index in [1.54, 1.807) is 25.6 Å². The quantitative estimate of drug-likeness (QED) is 0.777. The Kier molecular flexibility index (Phi) is 3.66. The summed E-state index contributed by atoms with van der Waals surface area (Å²) in [5.74, 6) is 1.41. The Balaban J connectivity index is 1.95. The van der Waals surface area contributed by atoms with Gasteiger partial charge in [-0.2, -0.15) is 0 Å². The highest BCUT2D eigenvalue weighted by atomic mass is 32.1. The number of nitrogens with zero attached hydrogens (tertiary/aromatic N) is 1. The van der Waals surface area contributed by atoms with Crippen molar-refractivity contribution >= 4 is 32.4 Å². The van der Waals surface area contributed by atoms with E-state index in [9.17, 15) is 0 Å². The first-order valence-corrected chi connectivity index (χ1v) is 7.37. The fourth-order valence-corrected chi connectivity index (χ4v) is 2.97. The van der Waals surface area contributed by atoms with E-state index in [2.05, 4.69) is 29.4 Å². The topological polar surface area (TPSA) is 43.4 Å². The van der Waals surface area contributed by atoms with Crippen molar-refractivity contribution in [3.63, 3.8) is 0 Å². The minimum absolute atomic E-state index is 0.692. The molecule has 1 aromatic heterocycles. The van der Waals surface area contributed by atoms with Gasteiger partial charge in [0.2, 0.25) is 0 Å². The number of aromatic nitrogens is 1. The average Bonchev–Trinajstić information content (AvgIpc) is 2.89. The molecule has 0 atom stereocenters. The monoisotopic (exact) mass is 300 g/mol. The van der Waals surface area contributed by atoms with Gasteiger partial charge >= 0.3 is 0 Å². The highest BCUT2D eigenvalue weighted by Crippen LogP contribution is 2.36. The molecule has 0 fully saturated rings. The predicted molar refractivity (Wildman–Crippen MR) is 87.2 cm³/mol. The van der Waals surface area contributed by atoms with Crippen molar-refractivity contribution in [3.8, 4) is 11.5 Å². The van der Waals surface area contributed by atoms with Crippen LogP contribution in [0.4, 0.5) is 10.8 Å². The van der Waals surface area contributed by atoms with E-state index in [4.69, 9.17) is 9.47 Å². The molecule has 0 aliphatic heterocycles. The lowest BCUT2D eigenvalue weighted by atomic mass is 10.2. The van der Waals surface area contributed by atoms with E-state index in [1.165, 1.54) is 5.56 Å². The van der Waals surface area contributed by atoms with E-state index >= 15 is 0 Å². The Morgan fingerprint density at radius 1 is 1.00 bits per heavy atom. The second kappa shape index (κ2) is 5.61. The van der Waals surface area contributed by atoms with Gasteiger partial charge in [0.15, 0.2) is 16.6 Å². The Morgan fingerprint density at radius 3 is 2.33 bits per heavy atom. The molecule has 0 bridgehead atoms. The Bertz CT molecular complexity index is 725. The number of ether oxygens (including phenoxy) is 2. The number of rotatable bonds is 4. The molecule has 21 heavy (non-hydrogen) atoms. The van der Waals surface area contributed by atoms with Crippen LogP contribution in [0.5, 0.6) is 11.5 Å². The van der Waals surface area contributed by atoms with Crippen molar-refractivity contribution in [1.29, 1.82) is 0 Å². The summed E-state index contributed by atoms with van der Waals surface area (Å²) in [7, 11) is 3.26. The highest BCUT2D eigenvalue weighted by molar-refractivity contribution is 7.22. The van der Waals surface area contributed by atoms with Crippen molar-refractivity contribution < 1.29 is 9.47 Å². The smallest absolute Gasteiger partial charge is 0.188 e. The summed E-state index contributed by atoms with van der Waals surface area (Å²) >= 11 is 1.59. The van der Waals surface area contributed by atoms with Crippen molar-refractivity contribution in [2.75, 3.05) is 19.5 Å². The molecule has 0 unspecified atom stereocenters. The molecular formula is C16H16N2O2S. The molecule has 3 aromatic rings. The zero-order valence-electron chi connectivity index (χ0n) is 12.1. The van der Waals surface area contributed by atoms with Crippen LogP contribution in [-0.2, 0) is 0 Å². The molecule has 0 saturated carbocycles. The first kappa shape index (κ1) is 13.7. The molecule has 4 nitrogen and oxygen atoms in total. The number of aryl methyl sites for hydroxylation is 1. The number of fused-ring (bicyclic) bond motifs is 1. The fraction of sp³-hybridized carbons (Fsp3) is 0.188. The molecule has 0 aliphatic carbocycles. The lowest BCUT2D eigenvalue weighted by Crippen LogP contribution is -1.90. The van der Waals surface area contributed by atoms with Gasteiger partial charge in [-0.05, 0) is 19.1 Å². The van der Waals surface area contributed by atoms with E-state index in [0.717, 1.165) is 26.8 Å². The lowest BCUT2D eigenvalue weighted by Gasteiger charge is -2.05. The third-order valence-electron chi connectivity index (χ3n) is 3.20. The summed E-state index contributed by atoms with van der Waals surface area (Å²) in [5.41, 5.74) is 3.16. The van der Waals surface area contributed by atoms with Gasteiger partial charge in [0.05, 0.1) is 24.4 Å². The maximum Gasteiger partial charge on any atom is 0.188 e. The van der Waals surface area contributed by atoms with E-state index < -0.39 is 0 Å². The van der Waals surface area contributed by atoms with Crippen LogP contribution in [0.25, 0.3) is 10.2 Å². The van der Waals surface area contributed by atoms with Crippen molar-refractivity contribution in [3.05, 3.63) is 42.0 Å². The summed E-state index contributed by atoms with van der Waals surface area (Å²) in [6.07, 6.45) is 0. The van der Waals surface area contributed by atoms with Gasteiger partial charge in [-0.15, -0.1) is 0 Å². The van der Waals surface area contributed by atoms with Crippen LogP contribution in [0, 0.1) is 6.92 Å². The SMILES string of the molecule is COc1cc2nc(Nc3ccc(C)cc3)sc2cc1OC. The average molecular weight is 300 g/mol. The Hall–Kier alpha value is -2.27. The number of nitrogens with one attached hydrogen (secondary N) is 1. The van der Waals surface area contributed by atoms with Gasteiger partial charge in [0.1, 0.15) is 0 Å². The standard InChI is InChI=1S/C16H16N2O2S/c1-10-4-6-11(7-5-10)17-16-18-12-8-13(19-2)14(20-3)9-15(12)21-16/h4-9H,1-3H3,(H,17,18). The van der Waals surface area contributed by atoms with Gasteiger partial charge in [0, 0.05) is 17.8 Å². The molecule has 108 valence electrons. The summed E-state index contributed by atoms with van der Waals surface area (Å²) in [6.45, 7) is 2.07. The molecule has 0 saturated heterocycles. The van der Waals surface area contributed by atoms with Gasteiger partial charge in [-0.3, -0.25) is 0 Å². The van der Waals surface area contributed by atoms with Crippen molar-refractivity contribution in [1.82, 2.24) is 4.98 Å². The number of anilines is 2. The molecule has 1 N–H and O–H groups in total. The number of hydrogen-bond acceptors (Lipinski definition) is 5. The molecule has 0 spiro atoms. The minimum atomic E-state index is 0.692. The highest BCUT2D eigenvalue weighted by Gasteiger charge is 2.10. The molecule has 3 rings (SSSR count). The largest absolute Gasteiger partial charge is 0.493 e.